The first-order valence-corrected chi connectivity index (χ1v) is 8.73. The Morgan fingerprint density at radius 1 is 0.905 bits per heavy atom. The van der Waals surface area contributed by atoms with Crippen molar-refractivity contribution in [3.63, 3.8) is 0 Å². The van der Waals surface area contributed by atoms with E-state index in [1.54, 1.807) is 0 Å². The zero-order valence-corrected chi connectivity index (χ0v) is 13.8. The van der Waals surface area contributed by atoms with Crippen molar-refractivity contribution >= 4 is 15.9 Å². The summed E-state index contributed by atoms with van der Waals surface area (Å²) >= 11 is 3.63. The van der Waals surface area contributed by atoms with Crippen molar-refractivity contribution in [1.82, 2.24) is 0 Å². The van der Waals surface area contributed by atoms with Crippen molar-refractivity contribution < 1.29 is 4.74 Å². The summed E-state index contributed by atoms with van der Waals surface area (Å²) in [5.41, 5.74) is 3.05. The van der Waals surface area contributed by atoms with Crippen LogP contribution in [0.15, 0.2) is 54.6 Å². The van der Waals surface area contributed by atoms with Gasteiger partial charge in [-0.2, -0.15) is 0 Å². The van der Waals surface area contributed by atoms with Crippen molar-refractivity contribution in [1.29, 1.82) is 0 Å². The van der Waals surface area contributed by atoms with Crippen LogP contribution >= 0.6 is 15.9 Å². The van der Waals surface area contributed by atoms with Gasteiger partial charge in [-0.15, -0.1) is 0 Å². The highest BCUT2D eigenvalue weighted by Gasteiger charge is 2.36. The molecule has 0 aliphatic heterocycles. The van der Waals surface area contributed by atoms with E-state index in [1.807, 2.05) is 0 Å². The predicted octanol–water partition coefficient (Wildman–Crippen LogP) is 5.22. The van der Waals surface area contributed by atoms with Gasteiger partial charge in [0, 0.05) is 10.7 Å². The molecule has 2 aromatic carbocycles. The second kappa shape index (κ2) is 6.65. The Bertz CT molecular complexity index is 552. The summed E-state index contributed by atoms with van der Waals surface area (Å²) in [5, 5.41) is 1.05. The summed E-state index contributed by atoms with van der Waals surface area (Å²) < 4.78 is 5.98. The van der Waals surface area contributed by atoms with Gasteiger partial charge in [0.15, 0.2) is 0 Å². The number of alkyl halides is 1. The lowest BCUT2D eigenvalue weighted by atomic mass is 9.71. The van der Waals surface area contributed by atoms with Crippen molar-refractivity contribution in [2.45, 2.75) is 25.7 Å². The summed E-state index contributed by atoms with van der Waals surface area (Å²) in [6, 6.07) is 19.1. The number of hydrogen-bond acceptors (Lipinski definition) is 1. The van der Waals surface area contributed by atoms with Gasteiger partial charge < -0.3 is 4.74 Å². The quantitative estimate of drug-likeness (QED) is 0.652. The predicted molar refractivity (Wildman–Crippen MR) is 91.3 cm³/mol. The zero-order valence-electron chi connectivity index (χ0n) is 12.2. The highest BCUT2D eigenvalue weighted by atomic mass is 79.9. The SMILES string of the molecule is BrCC1(COc2ccc(Cc3ccccc3)cc2)CCC1. The molecule has 0 amide bonds. The molecule has 0 spiro atoms. The molecule has 1 aliphatic carbocycles. The van der Waals surface area contributed by atoms with E-state index in [-0.39, 0.29) is 0 Å². The maximum absolute atomic E-state index is 5.98. The lowest BCUT2D eigenvalue weighted by Gasteiger charge is -2.39. The summed E-state index contributed by atoms with van der Waals surface area (Å²) in [6.07, 6.45) is 4.88. The second-order valence-corrected chi connectivity index (χ2v) is 6.64. The maximum atomic E-state index is 5.98. The smallest absolute Gasteiger partial charge is 0.119 e. The molecule has 0 unspecified atom stereocenters. The Hall–Kier alpha value is -1.28. The van der Waals surface area contributed by atoms with E-state index >= 15 is 0 Å². The molecule has 1 saturated carbocycles. The lowest BCUT2D eigenvalue weighted by Crippen LogP contribution is -2.37. The summed E-state index contributed by atoms with van der Waals surface area (Å²) in [4.78, 5) is 0. The van der Waals surface area contributed by atoms with Gasteiger partial charge >= 0.3 is 0 Å². The highest BCUT2D eigenvalue weighted by molar-refractivity contribution is 9.09. The van der Waals surface area contributed by atoms with Crippen LogP contribution in [0.4, 0.5) is 0 Å². The molecule has 2 heteroatoms. The van der Waals surface area contributed by atoms with Gasteiger partial charge in [-0.1, -0.05) is 64.8 Å². The summed E-state index contributed by atoms with van der Waals surface area (Å²) in [5.74, 6) is 0.985. The minimum atomic E-state index is 0.378. The highest BCUT2D eigenvalue weighted by Crippen LogP contribution is 2.42. The van der Waals surface area contributed by atoms with E-state index in [2.05, 4.69) is 70.5 Å². The molecule has 21 heavy (non-hydrogen) atoms. The van der Waals surface area contributed by atoms with Crippen LogP contribution in [-0.2, 0) is 6.42 Å². The molecule has 2 aromatic rings. The van der Waals surface area contributed by atoms with E-state index in [0.29, 0.717) is 5.41 Å². The van der Waals surface area contributed by atoms with Crippen molar-refractivity contribution in [3.05, 3.63) is 65.7 Å². The summed E-state index contributed by atoms with van der Waals surface area (Å²) in [7, 11) is 0. The van der Waals surface area contributed by atoms with E-state index in [9.17, 15) is 0 Å². The number of halogens is 1. The van der Waals surface area contributed by atoms with Crippen LogP contribution in [0.5, 0.6) is 5.75 Å². The van der Waals surface area contributed by atoms with Crippen molar-refractivity contribution in [2.24, 2.45) is 5.41 Å². The number of hydrogen-bond donors (Lipinski definition) is 0. The molecule has 0 aromatic heterocycles. The Kier molecular flexibility index (Phi) is 4.64. The Labute approximate surface area is 135 Å². The molecular formula is C19H21BrO. The molecule has 0 heterocycles. The van der Waals surface area contributed by atoms with Gasteiger partial charge in [0.05, 0.1) is 6.61 Å². The number of benzene rings is 2. The third kappa shape index (κ3) is 3.68. The third-order valence-corrected chi connectivity index (χ3v) is 5.61. The van der Waals surface area contributed by atoms with Crippen LogP contribution < -0.4 is 4.74 Å². The molecule has 3 rings (SSSR count). The zero-order chi connectivity index (χ0) is 14.5. The Morgan fingerprint density at radius 3 is 2.14 bits per heavy atom. The lowest BCUT2D eigenvalue weighted by molar-refractivity contribution is 0.0838. The first-order valence-electron chi connectivity index (χ1n) is 7.61. The van der Waals surface area contributed by atoms with Crippen LogP contribution in [-0.4, -0.2) is 11.9 Å². The van der Waals surface area contributed by atoms with Crippen molar-refractivity contribution in [3.8, 4) is 5.75 Å². The molecule has 1 nitrogen and oxygen atoms in total. The van der Waals surface area contributed by atoms with Gasteiger partial charge in [-0.3, -0.25) is 0 Å². The van der Waals surface area contributed by atoms with Crippen LogP contribution in [0.1, 0.15) is 30.4 Å². The molecule has 0 radical (unpaired) electrons. The molecule has 1 aliphatic rings. The van der Waals surface area contributed by atoms with Gasteiger partial charge in [0.1, 0.15) is 5.75 Å². The van der Waals surface area contributed by atoms with Crippen LogP contribution in [0.25, 0.3) is 0 Å². The van der Waals surface area contributed by atoms with Crippen molar-refractivity contribution in [2.75, 3.05) is 11.9 Å². The average molecular weight is 345 g/mol. The fourth-order valence-electron chi connectivity index (χ4n) is 2.76. The van der Waals surface area contributed by atoms with Crippen LogP contribution in [0, 0.1) is 5.41 Å². The first kappa shape index (κ1) is 14.6. The normalized spacial score (nSPS) is 16.2. The maximum Gasteiger partial charge on any atom is 0.119 e. The topological polar surface area (TPSA) is 9.23 Å². The fraction of sp³-hybridized carbons (Fsp3) is 0.368. The Balaban J connectivity index is 1.57. The minimum Gasteiger partial charge on any atom is -0.493 e. The van der Waals surface area contributed by atoms with Crippen LogP contribution in [0.3, 0.4) is 0 Å². The largest absolute Gasteiger partial charge is 0.493 e. The molecular weight excluding hydrogens is 324 g/mol. The number of ether oxygens (including phenoxy) is 1. The molecule has 0 bridgehead atoms. The first-order chi connectivity index (χ1) is 10.3. The minimum absolute atomic E-state index is 0.378. The Morgan fingerprint density at radius 2 is 1.57 bits per heavy atom. The van der Waals surface area contributed by atoms with E-state index in [0.717, 1.165) is 24.1 Å². The van der Waals surface area contributed by atoms with Gasteiger partial charge in [-0.05, 0) is 42.5 Å². The molecule has 110 valence electrons. The van der Waals surface area contributed by atoms with Gasteiger partial charge in [0.2, 0.25) is 0 Å². The monoisotopic (exact) mass is 344 g/mol. The average Bonchev–Trinajstić information content (AvgIpc) is 2.49. The molecule has 1 fully saturated rings. The molecule has 0 N–H and O–H groups in total. The van der Waals surface area contributed by atoms with Gasteiger partial charge in [0.25, 0.3) is 0 Å². The standard InChI is InChI=1S/C19H21BrO/c20-14-19(11-4-12-19)15-21-18-9-7-17(8-10-18)13-16-5-2-1-3-6-16/h1-3,5-10H,4,11-15H2. The van der Waals surface area contributed by atoms with E-state index in [1.165, 1.54) is 30.4 Å². The van der Waals surface area contributed by atoms with Crippen LogP contribution in [0.2, 0.25) is 0 Å². The van der Waals surface area contributed by atoms with Gasteiger partial charge in [-0.25, -0.2) is 0 Å². The fourth-order valence-corrected chi connectivity index (χ4v) is 3.49. The van der Waals surface area contributed by atoms with E-state index < -0.39 is 0 Å². The molecule has 0 saturated heterocycles. The number of rotatable bonds is 6. The van der Waals surface area contributed by atoms with E-state index in [4.69, 9.17) is 4.74 Å². The third-order valence-electron chi connectivity index (χ3n) is 4.42. The second-order valence-electron chi connectivity index (χ2n) is 6.08. The molecule has 0 atom stereocenters. The summed E-state index contributed by atoms with van der Waals surface area (Å²) in [6.45, 7) is 0.830.